The average Bonchev–Trinajstić information content (AvgIpc) is 3.24. The molecule has 2 amide bonds. The third-order valence-electron chi connectivity index (χ3n) is 5.45. The highest BCUT2D eigenvalue weighted by Crippen LogP contribution is 2.51. The molecule has 2 fully saturated rings. The highest BCUT2D eigenvalue weighted by atomic mass is 16.2. The fraction of sp³-hybridized carbons (Fsp3) is 0.579. The summed E-state index contributed by atoms with van der Waals surface area (Å²) in [5.41, 5.74) is 2.03. The number of benzene rings is 1. The largest absolute Gasteiger partial charge is 0.351 e. The number of rotatable bonds is 6. The molecule has 4 nitrogen and oxygen atoms in total. The summed E-state index contributed by atoms with van der Waals surface area (Å²) in [6, 6.07) is 7.65. The molecule has 1 heterocycles. The molecule has 1 aliphatic heterocycles. The Kier molecular flexibility index (Phi) is 4.42. The lowest BCUT2D eigenvalue weighted by Crippen LogP contribution is -2.32. The van der Waals surface area contributed by atoms with Crippen molar-refractivity contribution in [2.45, 2.75) is 46.1 Å². The Bertz CT molecular complexity index is 605. The highest BCUT2D eigenvalue weighted by molar-refractivity contribution is 5.94. The molecule has 1 aromatic rings. The standard InChI is InChI=1S/C19H26N2O2/c1-14(2)19(8-9-19)13-20-18(23)16-6-3-5-15(11-16)12-21-10-4-7-17(21)22/h3,5-6,11,14H,4,7-10,12-13H2,1-2H3,(H,20,23). The molecule has 23 heavy (non-hydrogen) atoms. The van der Waals surface area contributed by atoms with Crippen molar-refractivity contribution in [2.24, 2.45) is 11.3 Å². The van der Waals surface area contributed by atoms with E-state index in [4.69, 9.17) is 0 Å². The lowest BCUT2D eigenvalue weighted by Gasteiger charge is -2.20. The molecule has 1 saturated carbocycles. The van der Waals surface area contributed by atoms with Crippen molar-refractivity contribution in [2.75, 3.05) is 13.1 Å². The molecule has 1 saturated heterocycles. The summed E-state index contributed by atoms with van der Waals surface area (Å²) in [6.07, 6.45) is 4.01. The summed E-state index contributed by atoms with van der Waals surface area (Å²) in [5, 5.41) is 3.09. The van der Waals surface area contributed by atoms with Crippen molar-refractivity contribution >= 4 is 11.8 Å². The minimum Gasteiger partial charge on any atom is -0.351 e. The molecule has 0 spiro atoms. The first-order chi connectivity index (χ1) is 11.0. The van der Waals surface area contributed by atoms with E-state index in [2.05, 4.69) is 19.2 Å². The fourth-order valence-electron chi connectivity index (χ4n) is 3.38. The predicted molar refractivity (Wildman–Crippen MR) is 89.9 cm³/mol. The Hall–Kier alpha value is -1.84. The van der Waals surface area contributed by atoms with Gasteiger partial charge in [0, 0.05) is 31.6 Å². The number of hydrogen-bond donors (Lipinski definition) is 1. The van der Waals surface area contributed by atoms with Gasteiger partial charge >= 0.3 is 0 Å². The van der Waals surface area contributed by atoms with Gasteiger partial charge in [-0.3, -0.25) is 9.59 Å². The van der Waals surface area contributed by atoms with Crippen LogP contribution >= 0.6 is 0 Å². The van der Waals surface area contributed by atoms with Gasteiger partial charge in [-0.25, -0.2) is 0 Å². The second-order valence-corrected chi connectivity index (χ2v) is 7.32. The number of carbonyl (C=O) groups excluding carboxylic acids is 2. The fourth-order valence-corrected chi connectivity index (χ4v) is 3.38. The molecule has 1 aromatic carbocycles. The van der Waals surface area contributed by atoms with Crippen molar-refractivity contribution < 1.29 is 9.59 Å². The van der Waals surface area contributed by atoms with Gasteiger partial charge in [0.05, 0.1) is 0 Å². The van der Waals surface area contributed by atoms with Crippen LogP contribution in [0.15, 0.2) is 24.3 Å². The van der Waals surface area contributed by atoms with Gasteiger partial charge in [0.25, 0.3) is 5.91 Å². The topological polar surface area (TPSA) is 49.4 Å². The molecule has 4 heteroatoms. The van der Waals surface area contributed by atoms with E-state index < -0.39 is 0 Å². The van der Waals surface area contributed by atoms with Crippen molar-refractivity contribution in [3.05, 3.63) is 35.4 Å². The molecule has 0 bridgehead atoms. The average molecular weight is 314 g/mol. The molecule has 1 N–H and O–H groups in total. The van der Waals surface area contributed by atoms with Gasteiger partial charge in [0.2, 0.25) is 5.91 Å². The van der Waals surface area contributed by atoms with Crippen LogP contribution in [0.4, 0.5) is 0 Å². The maximum Gasteiger partial charge on any atom is 0.251 e. The van der Waals surface area contributed by atoms with E-state index in [1.807, 2.05) is 29.2 Å². The Morgan fingerprint density at radius 2 is 2.13 bits per heavy atom. The van der Waals surface area contributed by atoms with Crippen LogP contribution in [0, 0.1) is 11.3 Å². The first-order valence-electron chi connectivity index (χ1n) is 8.65. The third kappa shape index (κ3) is 3.57. The van der Waals surface area contributed by atoms with E-state index in [9.17, 15) is 9.59 Å². The van der Waals surface area contributed by atoms with Gasteiger partial charge in [-0.05, 0) is 48.3 Å². The first kappa shape index (κ1) is 16.0. The summed E-state index contributed by atoms with van der Waals surface area (Å²) in [4.78, 5) is 26.0. The zero-order valence-corrected chi connectivity index (χ0v) is 14.1. The van der Waals surface area contributed by atoms with Crippen molar-refractivity contribution in [1.82, 2.24) is 10.2 Å². The van der Waals surface area contributed by atoms with Crippen LogP contribution in [-0.2, 0) is 11.3 Å². The van der Waals surface area contributed by atoms with Gasteiger partial charge in [-0.1, -0.05) is 26.0 Å². The van der Waals surface area contributed by atoms with E-state index >= 15 is 0 Å². The molecule has 0 radical (unpaired) electrons. The van der Waals surface area contributed by atoms with Gasteiger partial charge in [0.15, 0.2) is 0 Å². The summed E-state index contributed by atoms with van der Waals surface area (Å²) < 4.78 is 0. The maximum absolute atomic E-state index is 12.4. The molecule has 3 rings (SSSR count). The van der Waals surface area contributed by atoms with Gasteiger partial charge in [0.1, 0.15) is 0 Å². The number of carbonyl (C=O) groups is 2. The molecule has 0 aromatic heterocycles. The number of nitrogens with one attached hydrogen (secondary N) is 1. The molecule has 0 unspecified atom stereocenters. The van der Waals surface area contributed by atoms with Gasteiger partial charge in [-0.2, -0.15) is 0 Å². The summed E-state index contributed by atoms with van der Waals surface area (Å²) >= 11 is 0. The molecule has 124 valence electrons. The molecular formula is C19H26N2O2. The monoisotopic (exact) mass is 314 g/mol. The number of likely N-dealkylation sites (tertiary alicyclic amines) is 1. The van der Waals surface area contributed by atoms with Gasteiger partial charge in [-0.15, -0.1) is 0 Å². The van der Waals surface area contributed by atoms with E-state index in [1.54, 1.807) is 0 Å². The second kappa shape index (κ2) is 6.34. The van der Waals surface area contributed by atoms with E-state index in [-0.39, 0.29) is 11.8 Å². The summed E-state index contributed by atoms with van der Waals surface area (Å²) in [6.45, 7) is 6.65. The van der Waals surface area contributed by atoms with Crippen molar-refractivity contribution in [1.29, 1.82) is 0 Å². The third-order valence-corrected chi connectivity index (χ3v) is 5.45. The quantitative estimate of drug-likeness (QED) is 0.877. The minimum absolute atomic E-state index is 0.00785. The van der Waals surface area contributed by atoms with E-state index in [0.29, 0.717) is 29.9 Å². The predicted octanol–water partition coefficient (Wildman–Crippen LogP) is 2.98. The molecule has 1 aliphatic carbocycles. The SMILES string of the molecule is CC(C)C1(CNC(=O)c2cccc(CN3CCCC3=O)c2)CC1. The van der Waals surface area contributed by atoms with E-state index in [0.717, 1.165) is 25.1 Å². The summed E-state index contributed by atoms with van der Waals surface area (Å²) in [7, 11) is 0. The Labute approximate surface area is 138 Å². The van der Waals surface area contributed by atoms with Crippen LogP contribution in [0.25, 0.3) is 0 Å². The second-order valence-electron chi connectivity index (χ2n) is 7.32. The minimum atomic E-state index is -0.00785. The molecule has 0 atom stereocenters. The summed E-state index contributed by atoms with van der Waals surface area (Å²) in [5.74, 6) is 0.814. The lowest BCUT2D eigenvalue weighted by molar-refractivity contribution is -0.128. The van der Waals surface area contributed by atoms with Crippen LogP contribution in [0.5, 0.6) is 0 Å². The Morgan fingerprint density at radius 3 is 2.74 bits per heavy atom. The zero-order valence-electron chi connectivity index (χ0n) is 14.1. The maximum atomic E-state index is 12.4. The van der Waals surface area contributed by atoms with Crippen molar-refractivity contribution in [3.63, 3.8) is 0 Å². The Morgan fingerprint density at radius 1 is 1.35 bits per heavy atom. The number of nitrogens with zero attached hydrogens (tertiary/aromatic N) is 1. The van der Waals surface area contributed by atoms with Crippen LogP contribution in [0.2, 0.25) is 0 Å². The van der Waals surface area contributed by atoms with Gasteiger partial charge < -0.3 is 10.2 Å². The normalized spacial score (nSPS) is 19.3. The first-order valence-corrected chi connectivity index (χ1v) is 8.65. The van der Waals surface area contributed by atoms with Crippen LogP contribution in [0.3, 0.4) is 0 Å². The number of amides is 2. The highest BCUT2D eigenvalue weighted by Gasteiger charge is 2.45. The smallest absolute Gasteiger partial charge is 0.251 e. The molecule has 2 aliphatic rings. The molecular weight excluding hydrogens is 288 g/mol. The van der Waals surface area contributed by atoms with Crippen LogP contribution in [-0.4, -0.2) is 29.8 Å². The van der Waals surface area contributed by atoms with E-state index in [1.165, 1.54) is 12.8 Å². The number of hydrogen-bond acceptors (Lipinski definition) is 2. The van der Waals surface area contributed by atoms with Crippen LogP contribution in [0.1, 0.15) is 55.5 Å². The zero-order chi connectivity index (χ0) is 16.4. The lowest BCUT2D eigenvalue weighted by atomic mass is 9.92. The van der Waals surface area contributed by atoms with Crippen molar-refractivity contribution in [3.8, 4) is 0 Å². The van der Waals surface area contributed by atoms with Crippen LogP contribution < -0.4 is 5.32 Å². The Balaban J connectivity index is 1.60.